The Kier molecular flexibility index (Phi) is 12.7. The number of hydrogen-bond donors (Lipinski definition) is 0. The molecule has 0 aliphatic rings. The zero-order valence-corrected chi connectivity index (χ0v) is 9.10. The number of rotatable bonds is 4. The summed E-state index contributed by atoms with van der Waals surface area (Å²) in [5.41, 5.74) is 0. The molecule has 0 aromatic rings. The van der Waals surface area contributed by atoms with Crippen molar-refractivity contribution in [1.29, 1.82) is 0 Å². The van der Waals surface area contributed by atoms with Crippen LogP contribution >= 0.6 is 0 Å². The predicted octanol–water partition coefficient (Wildman–Crippen LogP) is 0.396. The van der Waals surface area contributed by atoms with E-state index in [0.29, 0.717) is 6.61 Å². The van der Waals surface area contributed by atoms with Crippen molar-refractivity contribution in [2.24, 2.45) is 0 Å². The van der Waals surface area contributed by atoms with Crippen LogP contribution in [0, 0.1) is 6.92 Å². The van der Waals surface area contributed by atoms with E-state index in [9.17, 15) is 0 Å². The predicted molar refractivity (Wildman–Crippen MR) is 34.7 cm³/mol. The van der Waals surface area contributed by atoms with Gasteiger partial charge in [0, 0.05) is 6.54 Å². The minimum Gasteiger partial charge on any atom is -0.412 e. The summed E-state index contributed by atoms with van der Waals surface area (Å²) >= 11 is 0. The van der Waals surface area contributed by atoms with Crippen molar-refractivity contribution < 1.29 is 37.4 Å². The molecule has 0 aromatic heterocycles. The summed E-state index contributed by atoms with van der Waals surface area (Å²) in [5.74, 6) is 0. The molecule has 0 saturated heterocycles. The molecule has 0 atom stereocenters. The topological polar surface area (TPSA) is 12.5 Å². The Morgan fingerprint density at radius 1 is 1.44 bits per heavy atom. The molecule has 0 N–H and O–H groups in total. The third-order valence-electron chi connectivity index (χ3n) is 0.827. The summed E-state index contributed by atoms with van der Waals surface area (Å²) in [4.78, 5) is 2.08. The summed E-state index contributed by atoms with van der Waals surface area (Å²) in [6.45, 7) is 5.89. The minimum absolute atomic E-state index is 0. The van der Waals surface area contributed by atoms with Gasteiger partial charge in [-0.2, -0.15) is 0 Å². The van der Waals surface area contributed by atoms with E-state index in [1.807, 2.05) is 14.1 Å². The summed E-state index contributed by atoms with van der Waals surface area (Å²) in [6, 6.07) is 0. The molecular weight excluding hydrogens is 191 g/mol. The maximum Gasteiger partial charge on any atom is 3.00 e. The first-order valence-corrected chi connectivity index (χ1v) is 2.79. The molecule has 9 heavy (non-hydrogen) atoms. The van der Waals surface area contributed by atoms with Gasteiger partial charge in [0.15, 0.2) is 0 Å². The maximum absolute atomic E-state index is 4.99. The summed E-state index contributed by atoms with van der Waals surface area (Å²) in [6.07, 6.45) is 0. The molecule has 0 aliphatic carbocycles. The van der Waals surface area contributed by atoms with Gasteiger partial charge in [0.1, 0.15) is 0 Å². The fourth-order valence-corrected chi connectivity index (χ4v) is 0.349. The van der Waals surface area contributed by atoms with Crippen LogP contribution in [-0.2, 0) is 37.4 Å². The molecule has 0 aliphatic heterocycles. The second kappa shape index (κ2) is 9.02. The van der Waals surface area contributed by atoms with E-state index in [0.717, 1.165) is 13.2 Å². The van der Waals surface area contributed by atoms with E-state index in [1.54, 1.807) is 0 Å². The molecule has 3 heteroatoms. The molecule has 0 rings (SSSR count). The fourth-order valence-electron chi connectivity index (χ4n) is 0.349. The first-order chi connectivity index (χ1) is 3.77. The second-order valence-corrected chi connectivity index (χ2v) is 1.92. The second-order valence-electron chi connectivity index (χ2n) is 1.92. The third kappa shape index (κ3) is 12.3. The molecule has 0 radical (unpaired) electrons. The number of hydrogen-bond acceptors (Lipinski definition) is 2. The Hall–Kier alpha value is 1.02. The molecule has 0 unspecified atom stereocenters. The van der Waals surface area contributed by atoms with Gasteiger partial charge in [-0.15, -0.1) is 0 Å². The molecular formula is C6H14NOY+2. The van der Waals surface area contributed by atoms with Crippen molar-refractivity contribution in [3.63, 3.8) is 0 Å². The molecule has 2 nitrogen and oxygen atoms in total. The van der Waals surface area contributed by atoms with Gasteiger partial charge in [0.05, 0.1) is 6.61 Å². The van der Waals surface area contributed by atoms with Gasteiger partial charge in [-0.1, -0.05) is 6.61 Å². The van der Waals surface area contributed by atoms with Gasteiger partial charge >= 0.3 is 32.7 Å². The van der Waals surface area contributed by atoms with E-state index in [1.165, 1.54) is 0 Å². The van der Waals surface area contributed by atoms with Gasteiger partial charge in [0.2, 0.25) is 0 Å². The van der Waals surface area contributed by atoms with Crippen LogP contribution in [0.3, 0.4) is 0 Å². The van der Waals surface area contributed by atoms with Crippen molar-refractivity contribution in [3.8, 4) is 0 Å². The first-order valence-electron chi connectivity index (χ1n) is 2.79. The standard InChI is InChI=1S/C6H14NO.Y/c1-4-8-6-5-7(2)3;/h1,4-6H2,2-3H3;/q-1;+3. The molecule has 0 fully saturated rings. The van der Waals surface area contributed by atoms with Crippen LogP contribution in [0.2, 0.25) is 0 Å². The van der Waals surface area contributed by atoms with E-state index in [-0.39, 0.29) is 32.7 Å². The Bertz CT molecular complexity index is 50.3. The van der Waals surface area contributed by atoms with E-state index in [4.69, 9.17) is 4.74 Å². The van der Waals surface area contributed by atoms with Gasteiger partial charge in [-0.25, -0.2) is 0 Å². The zero-order valence-electron chi connectivity index (χ0n) is 6.26. The van der Waals surface area contributed by atoms with Gasteiger partial charge in [-0.3, -0.25) is 0 Å². The van der Waals surface area contributed by atoms with E-state index < -0.39 is 0 Å². The Morgan fingerprint density at radius 2 is 2.00 bits per heavy atom. The van der Waals surface area contributed by atoms with Crippen molar-refractivity contribution in [2.75, 3.05) is 33.9 Å². The van der Waals surface area contributed by atoms with Crippen LogP contribution in [0.4, 0.5) is 0 Å². The first kappa shape index (κ1) is 12.7. The fraction of sp³-hybridized carbons (Fsp3) is 0.833. The molecule has 0 amide bonds. The van der Waals surface area contributed by atoms with Crippen LogP contribution in [-0.4, -0.2) is 38.8 Å². The van der Waals surface area contributed by atoms with E-state index >= 15 is 0 Å². The number of nitrogens with zero attached hydrogens (tertiary/aromatic N) is 1. The normalized spacial score (nSPS) is 9.33. The van der Waals surface area contributed by atoms with Crippen molar-refractivity contribution >= 4 is 0 Å². The average Bonchev–Trinajstić information content (AvgIpc) is 1.66. The number of ether oxygens (including phenoxy) is 1. The quantitative estimate of drug-likeness (QED) is 0.486. The van der Waals surface area contributed by atoms with Crippen molar-refractivity contribution in [1.82, 2.24) is 4.90 Å². The van der Waals surface area contributed by atoms with Gasteiger partial charge < -0.3 is 16.6 Å². The maximum atomic E-state index is 4.99. The Balaban J connectivity index is 0. The zero-order chi connectivity index (χ0) is 6.41. The van der Waals surface area contributed by atoms with Crippen molar-refractivity contribution in [2.45, 2.75) is 0 Å². The van der Waals surface area contributed by atoms with E-state index in [2.05, 4.69) is 11.8 Å². The van der Waals surface area contributed by atoms with Crippen LogP contribution in [0.1, 0.15) is 0 Å². The summed E-state index contributed by atoms with van der Waals surface area (Å²) in [5, 5.41) is 0. The Labute approximate surface area is 82.8 Å². The smallest absolute Gasteiger partial charge is 0.412 e. The molecule has 0 saturated carbocycles. The SMILES string of the molecule is [CH2-]COCCN(C)C.[Y+3]. The molecule has 0 spiro atoms. The molecule has 50 valence electrons. The van der Waals surface area contributed by atoms with Gasteiger partial charge in [-0.05, 0) is 14.1 Å². The monoisotopic (exact) mass is 205 g/mol. The third-order valence-corrected chi connectivity index (χ3v) is 0.827. The van der Waals surface area contributed by atoms with Crippen LogP contribution in [0.15, 0.2) is 0 Å². The molecule has 0 heterocycles. The van der Waals surface area contributed by atoms with Gasteiger partial charge in [0.25, 0.3) is 0 Å². The number of likely N-dealkylation sites (N-methyl/N-ethyl adjacent to an activating group) is 1. The summed E-state index contributed by atoms with van der Waals surface area (Å²) in [7, 11) is 4.04. The molecule has 0 bridgehead atoms. The van der Waals surface area contributed by atoms with Crippen LogP contribution in [0.25, 0.3) is 0 Å². The van der Waals surface area contributed by atoms with Crippen molar-refractivity contribution in [3.05, 3.63) is 6.92 Å². The molecule has 0 aromatic carbocycles. The van der Waals surface area contributed by atoms with Crippen LogP contribution < -0.4 is 0 Å². The minimum atomic E-state index is 0. The summed E-state index contributed by atoms with van der Waals surface area (Å²) < 4.78 is 4.99. The van der Waals surface area contributed by atoms with Crippen LogP contribution in [0.5, 0.6) is 0 Å². The Morgan fingerprint density at radius 3 is 2.33 bits per heavy atom. The average molecular weight is 205 g/mol. The largest absolute Gasteiger partial charge is 3.00 e.